The number of halogens is 1. The number of nitrogens with one attached hydrogen (secondary N) is 1. The fourth-order valence-corrected chi connectivity index (χ4v) is 3.31. The number of nitrogens with zero attached hydrogens (tertiary/aromatic N) is 2. The van der Waals surface area contributed by atoms with E-state index in [4.69, 9.17) is 21.1 Å². The van der Waals surface area contributed by atoms with Crippen molar-refractivity contribution in [1.29, 1.82) is 0 Å². The van der Waals surface area contributed by atoms with E-state index in [2.05, 4.69) is 10.3 Å². The number of pyridine rings is 1. The minimum atomic E-state index is -1.14. The van der Waals surface area contributed by atoms with Gasteiger partial charge in [0.25, 0.3) is 0 Å². The Bertz CT molecular complexity index is 816. The van der Waals surface area contributed by atoms with Gasteiger partial charge in [0, 0.05) is 18.7 Å². The highest BCUT2D eigenvalue weighted by Crippen LogP contribution is 2.28. The number of ether oxygens (including phenoxy) is 2. The number of likely N-dealkylation sites (tertiary alicyclic amines) is 1. The van der Waals surface area contributed by atoms with Crippen LogP contribution in [0, 0.1) is 5.41 Å². The smallest absolute Gasteiger partial charge is 0.408 e. The van der Waals surface area contributed by atoms with Gasteiger partial charge in [-0.1, -0.05) is 32.4 Å². The minimum Gasteiger partial charge on any atom is -0.480 e. The molecule has 1 fully saturated rings. The van der Waals surface area contributed by atoms with E-state index in [1.54, 1.807) is 53.7 Å². The average molecular weight is 456 g/mol. The van der Waals surface area contributed by atoms with E-state index in [1.807, 2.05) is 0 Å². The van der Waals surface area contributed by atoms with Crippen LogP contribution in [-0.2, 0) is 14.3 Å². The Balaban J connectivity index is 2.19. The third-order valence-electron chi connectivity index (χ3n) is 4.59. The van der Waals surface area contributed by atoms with Gasteiger partial charge >= 0.3 is 12.1 Å². The highest BCUT2D eigenvalue weighted by molar-refractivity contribution is 6.30. The van der Waals surface area contributed by atoms with Gasteiger partial charge in [0.2, 0.25) is 11.8 Å². The maximum atomic E-state index is 13.4. The molecular weight excluding hydrogens is 426 g/mol. The first-order chi connectivity index (χ1) is 14.2. The Morgan fingerprint density at radius 3 is 2.35 bits per heavy atom. The molecule has 2 N–H and O–H groups in total. The highest BCUT2D eigenvalue weighted by Gasteiger charge is 2.46. The van der Waals surface area contributed by atoms with Gasteiger partial charge in [0.05, 0.1) is 11.6 Å². The third kappa shape index (κ3) is 6.99. The van der Waals surface area contributed by atoms with Crippen molar-refractivity contribution < 1.29 is 29.0 Å². The first-order valence-corrected chi connectivity index (χ1v) is 10.4. The second-order valence-electron chi connectivity index (χ2n) is 9.58. The van der Waals surface area contributed by atoms with E-state index in [0.717, 1.165) is 0 Å². The van der Waals surface area contributed by atoms with E-state index in [1.165, 1.54) is 11.1 Å². The van der Waals surface area contributed by atoms with Crippen LogP contribution in [0.4, 0.5) is 4.79 Å². The molecular formula is C21H30ClN3O6. The second-order valence-corrected chi connectivity index (χ2v) is 10.0. The number of aliphatic carboxylic acids is 1. The summed E-state index contributed by atoms with van der Waals surface area (Å²) in [6.45, 7) is 10.5. The Hall–Kier alpha value is -2.55. The molecule has 0 aromatic carbocycles. The monoisotopic (exact) mass is 455 g/mol. The van der Waals surface area contributed by atoms with Crippen LogP contribution >= 0.6 is 11.6 Å². The lowest BCUT2D eigenvalue weighted by atomic mass is 9.85. The molecule has 3 atom stereocenters. The summed E-state index contributed by atoms with van der Waals surface area (Å²) < 4.78 is 11.0. The van der Waals surface area contributed by atoms with Gasteiger partial charge < -0.3 is 24.8 Å². The molecule has 31 heavy (non-hydrogen) atoms. The number of rotatable bonds is 5. The van der Waals surface area contributed by atoms with Gasteiger partial charge in [-0.15, -0.1) is 0 Å². The molecule has 1 unspecified atom stereocenters. The van der Waals surface area contributed by atoms with E-state index < -0.39 is 47.2 Å². The summed E-state index contributed by atoms with van der Waals surface area (Å²) in [5.41, 5.74) is -1.43. The van der Waals surface area contributed by atoms with Crippen LogP contribution in [0.15, 0.2) is 18.3 Å². The molecule has 0 spiro atoms. The molecule has 1 aliphatic heterocycles. The molecule has 172 valence electrons. The molecule has 0 saturated carbocycles. The van der Waals surface area contributed by atoms with Crippen molar-refractivity contribution in [2.75, 3.05) is 6.54 Å². The number of amides is 2. The van der Waals surface area contributed by atoms with Gasteiger partial charge in [0.15, 0.2) is 0 Å². The first kappa shape index (κ1) is 24.7. The normalized spacial score (nSPS) is 20.2. The van der Waals surface area contributed by atoms with E-state index in [0.29, 0.717) is 5.02 Å². The molecule has 0 aliphatic carbocycles. The van der Waals surface area contributed by atoms with Gasteiger partial charge in [0.1, 0.15) is 23.8 Å². The lowest BCUT2D eigenvalue weighted by Gasteiger charge is -2.35. The Morgan fingerprint density at radius 1 is 1.23 bits per heavy atom. The zero-order chi connectivity index (χ0) is 23.6. The van der Waals surface area contributed by atoms with Crippen LogP contribution in [0.25, 0.3) is 0 Å². The van der Waals surface area contributed by atoms with E-state index in [9.17, 15) is 19.5 Å². The SMILES string of the molecule is CC(C)(C)OC(=O)N[C@H](C(=O)N1CC(Oc2ccc(Cl)cn2)C[C@H]1C(=O)O)C(C)(C)C. The molecule has 1 aliphatic rings. The quantitative estimate of drug-likeness (QED) is 0.700. The molecule has 2 rings (SSSR count). The van der Waals surface area contributed by atoms with Crippen molar-refractivity contribution in [3.8, 4) is 5.88 Å². The van der Waals surface area contributed by atoms with Crippen LogP contribution < -0.4 is 10.1 Å². The predicted octanol–water partition coefficient (Wildman–Crippen LogP) is 3.11. The Morgan fingerprint density at radius 2 is 1.87 bits per heavy atom. The molecule has 1 saturated heterocycles. The number of carboxylic acids is 1. The van der Waals surface area contributed by atoms with Gasteiger partial charge in [-0.05, 0) is 32.3 Å². The van der Waals surface area contributed by atoms with Crippen LogP contribution in [0.3, 0.4) is 0 Å². The van der Waals surface area contributed by atoms with Crippen molar-refractivity contribution in [2.24, 2.45) is 5.41 Å². The number of hydrogen-bond donors (Lipinski definition) is 2. The van der Waals surface area contributed by atoms with Crippen molar-refractivity contribution in [1.82, 2.24) is 15.2 Å². The number of hydrogen-bond acceptors (Lipinski definition) is 6. The summed E-state index contributed by atoms with van der Waals surface area (Å²) >= 11 is 5.82. The topological polar surface area (TPSA) is 118 Å². The zero-order valence-corrected chi connectivity index (χ0v) is 19.4. The molecule has 2 amide bonds. The summed E-state index contributed by atoms with van der Waals surface area (Å²) in [4.78, 5) is 42.8. The molecule has 9 nitrogen and oxygen atoms in total. The molecule has 2 heterocycles. The average Bonchev–Trinajstić information content (AvgIpc) is 3.03. The fourth-order valence-electron chi connectivity index (χ4n) is 3.20. The lowest BCUT2D eigenvalue weighted by molar-refractivity contribution is -0.150. The third-order valence-corrected chi connectivity index (χ3v) is 4.82. The molecule has 0 bridgehead atoms. The van der Waals surface area contributed by atoms with Crippen molar-refractivity contribution >= 4 is 29.6 Å². The predicted molar refractivity (Wildman–Crippen MR) is 114 cm³/mol. The Labute approximate surface area is 187 Å². The number of alkyl carbamates (subject to hydrolysis) is 1. The maximum Gasteiger partial charge on any atom is 0.408 e. The number of carboxylic acid groups (broad SMARTS) is 1. The molecule has 1 aromatic rings. The van der Waals surface area contributed by atoms with Crippen LogP contribution in [0.5, 0.6) is 5.88 Å². The van der Waals surface area contributed by atoms with Gasteiger partial charge in [-0.2, -0.15) is 0 Å². The summed E-state index contributed by atoms with van der Waals surface area (Å²) in [5, 5.41) is 12.7. The number of aromatic nitrogens is 1. The van der Waals surface area contributed by atoms with Crippen LogP contribution in [-0.4, -0.2) is 63.3 Å². The molecule has 0 radical (unpaired) electrons. The van der Waals surface area contributed by atoms with Gasteiger partial charge in [-0.3, -0.25) is 4.79 Å². The minimum absolute atomic E-state index is 0.0443. The molecule has 10 heteroatoms. The highest BCUT2D eigenvalue weighted by atomic mass is 35.5. The number of carbonyl (C=O) groups is 3. The Kier molecular flexibility index (Phi) is 7.41. The summed E-state index contributed by atoms with van der Waals surface area (Å²) in [7, 11) is 0. The second kappa shape index (κ2) is 9.30. The molecule has 1 aromatic heterocycles. The van der Waals surface area contributed by atoms with Crippen LogP contribution in [0.2, 0.25) is 5.02 Å². The van der Waals surface area contributed by atoms with Crippen molar-refractivity contribution in [3.63, 3.8) is 0 Å². The summed E-state index contributed by atoms with van der Waals surface area (Å²) in [6.07, 6.45) is 0.198. The van der Waals surface area contributed by atoms with Crippen molar-refractivity contribution in [2.45, 2.75) is 71.8 Å². The maximum absolute atomic E-state index is 13.4. The summed E-state index contributed by atoms with van der Waals surface area (Å²) in [6, 6.07) is 1.10. The van der Waals surface area contributed by atoms with Gasteiger partial charge in [-0.25, -0.2) is 14.6 Å². The zero-order valence-electron chi connectivity index (χ0n) is 18.6. The van der Waals surface area contributed by atoms with E-state index in [-0.39, 0.29) is 18.8 Å². The van der Waals surface area contributed by atoms with Crippen molar-refractivity contribution in [3.05, 3.63) is 23.4 Å². The first-order valence-electron chi connectivity index (χ1n) is 9.98. The van der Waals surface area contributed by atoms with Crippen LogP contribution in [0.1, 0.15) is 48.0 Å². The summed E-state index contributed by atoms with van der Waals surface area (Å²) in [5.74, 6) is -1.37. The number of carbonyl (C=O) groups excluding carboxylic acids is 2. The lowest BCUT2D eigenvalue weighted by Crippen LogP contribution is -2.57. The largest absolute Gasteiger partial charge is 0.480 e. The standard InChI is InChI=1S/C21H30ClN3O6/c1-20(2,3)16(24-19(29)31-21(4,5)6)17(26)25-11-13(9-14(25)18(27)28)30-15-8-7-12(22)10-23-15/h7-8,10,13-14,16H,9,11H2,1-6H3,(H,24,29)(H,27,28)/t13?,14-,16+/m0/s1. The fraction of sp³-hybridized carbons (Fsp3) is 0.619. The van der Waals surface area contributed by atoms with E-state index >= 15 is 0 Å².